The number of esters is 2. The number of carbonyl (C=O) groups excluding carboxylic acids is 3. The largest absolute Gasteiger partial charge is 0.469 e. The van der Waals surface area contributed by atoms with Crippen molar-refractivity contribution in [3.63, 3.8) is 0 Å². The number of hydrogen-bond acceptors (Lipinski definition) is 6. The molecule has 4 fully saturated rings. The van der Waals surface area contributed by atoms with Crippen LogP contribution in [0.1, 0.15) is 88.9 Å². The first-order valence-corrected chi connectivity index (χ1v) is 18.2. The standard InChI is InChI=1S/C42H48O6/c1-23(8-17-36(45)47-4)31-15-16-32-39-33(22-35(44)42(31,32)3)41(2)19-18-28(20-27(41)21-34(39)43)48-40(46)30-14-12-26-10-9-24-6-5-7-25-11-13-29(30)38(26)37(24)25/h5-7,9-14,23,27-28,31-33,35,39,44H,8,15-22H2,1-4H3/t23?,27-,28-,31+,32-,33-,35-,39-,41-,42+/m0/s1. The molecule has 0 bridgehead atoms. The predicted molar refractivity (Wildman–Crippen MR) is 187 cm³/mol. The highest BCUT2D eigenvalue weighted by Crippen LogP contribution is 2.67. The molecule has 0 radical (unpaired) electrons. The van der Waals surface area contributed by atoms with Gasteiger partial charge in [0.1, 0.15) is 11.9 Å². The maximum atomic E-state index is 14.2. The lowest BCUT2D eigenvalue weighted by atomic mass is 9.43. The van der Waals surface area contributed by atoms with Crippen LogP contribution >= 0.6 is 0 Å². The fourth-order valence-corrected chi connectivity index (χ4v) is 11.7. The maximum absolute atomic E-state index is 14.2. The second-order valence-electron chi connectivity index (χ2n) is 16.3. The molecule has 0 amide bonds. The number of ether oxygens (including phenoxy) is 2. The zero-order chi connectivity index (χ0) is 33.5. The van der Waals surface area contributed by atoms with Crippen LogP contribution in [0.2, 0.25) is 0 Å². The molecule has 0 aliphatic heterocycles. The predicted octanol–water partition coefficient (Wildman–Crippen LogP) is 8.51. The van der Waals surface area contributed by atoms with E-state index < -0.39 is 6.10 Å². The number of Topliss-reactive ketones (excluding diaryl/α,β-unsaturated/α-hetero) is 1. The maximum Gasteiger partial charge on any atom is 0.339 e. The first kappa shape index (κ1) is 31.7. The van der Waals surface area contributed by atoms with E-state index in [0.717, 1.165) is 59.0 Å². The van der Waals surface area contributed by atoms with Crippen LogP contribution in [0.5, 0.6) is 0 Å². The summed E-state index contributed by atoms with van der Waals surface area (Å²) in [6.45, 7) is 6.77. The molecule has 6 nitrogen and oxygen atoms in total. The van der Waals surface area contributed by atoms with Crippen molar-refractivity contribution in [3.05, 3.63) is 60.2 Å². The third kappa shape index (κ3) is 4.64. The van der Waals surface area contributed by atoms with Gasteiger partial charge in [-0.15, -0.1) is 0 Å². The van der Waals surface area contributed by atoms with Crippen molar-refractivity contribution in [1.82, 2.24) is 0 Å². The third-order valence-corrected chi connectivity index (χ3v) is 14.3. The Labute approximate surface area is 282 Å². The molecule has 1 N–H and O–H groups in total. The van der Waals surface area contributed by atoms with E-state index >= 15 is 0 Å². The van der Waals surface area contributed by atoms with E-state index in [9.17, 15) is 19.5 Å². The summed E-state index contributed by atoms with van der Waals surface area (Å²) >= 11 is 0. The van der Waals surface area contributed by atoms with Crippen molar-refractivity contribution in [2.45, 2.75) is 90.8 Å². The van der Waals surface area contributed by atoms with E-state index in [1.54, 1.807) is 0 Å². The Bertz CT molecular complexity index is 1900. The summed E-state index contributed by atoms with van der Waals surface area (Å²) in [5.74, 6) is 0.797. The van der Waals surface area contributed by atoms with E-state index in [-0.39, 0.29) is 64.4 Å². The van der Waals surface area contributed by atoms with Crippen molar-refractivity contribution in [3.8, 4) is 0 Å². The van der Waals surface area contributed by atoms with Crippen LogP contribution in [0.3, 0.4) is 0 Å². The van der Waals surface area contributed by atoms with Crippen molar-refractivity contribution >= 4 is 50.0 Å². The first-order chi connectivity index (χ1) is 23.0. The first-order valence-electron chi connectivity index (χ1n) is 18.2. The number of carbonyl (C=O) groups is 3. The number of fused-ring (bicyclic) bond motifs is 5. The number of ketones is 1. The summed E-state index contributed by atoms with van der Waals surface area (Å²) in [6, 6.07) is 18.6. The van der Waals surface area contributed by atoms with Crippen LogP contribution in [-0.4, -0.2) is 42.1 Å². The summed E-state index contributed by atoms with van der Waals surface area (Å²) in [5, 5.41) is 18.6. The van der Waals surface area contributed by atoms with Gasteiger partial charge in [-0.2, -0.15) is 0 Å². The number of hydrogen-bond donors (Lipinski definition) is 1. The minimum atomic E-state index is -0.481. The summed E-state index contributed by atoms with van der Waals surface area (Å²) in [5.41, 5.74) is 0.189. The van der Waals surface area contributed by atoms with E-state index in [2.05, 4.69) is 57.2 Å². The molecular weight excluding hydrogens is 600 g/mol. The van der Waals surface area contributed by atoms with Crippen LogP contribution in [0, 0.1) is 46.3 Å². The minimum absolute atomic E-state index is 0.0336. The Morgan fingerprint density at radius 1 is 0.917 bits per heavy atom. The van der Waals surface area contributed by atoms with Crippen LogP contribution < -0.4 is 0 Å². The van der Waals surface area contributed by atoms with Gasteiger partial charge < -0.3 is 14.6 Å². The van der Waals surface area contributed by atoms with Crippen molar-refractivity contribution in [2.75, 3.05) is 7.11 Å². The van der Waals surface area contributed by atoms with Gasteiger partial charge in [0, 0.05) is 24.2 Å². The molecule has 4 aliphatic carbocycles. The van der Waals surface area contributed by atoms with Gasteiger partial charge in [0.2, 0.25) is 0 Å². The van der Waals surface area contributed by atoms with Gasteiger partial charge in [-0.05, 0) is 118 Å². The third-order valence-electron chi connectivity index (χ3n) is 14.3. The Kier molecular flexibility index (Phi) is 7.63. The quantitative estimate of drug-likeness (QED) is 0.167. The van der Waals surface area contributed by atoms with Crippen molar-refractivity contribution < 1.29 is 29.0 Å². The number of aliphatic hydroxyl groups is 1. The molecule has 0 spiro atoms. The minimum Gasteiger partial charge on any atom is -0.469 e. The van der Waals surface area contributed by atoms with Gasteiger partial charge in [-0.25, -0.2) is 4.79 Å². The fourth-order valence-electron chi connectivity index (χ4n) is 11.7. The van der Waals surface area contributed by atoms with Gasteiger partial charge >= 0.3 is 11.9 Å². The molecule has 6 heteroatoms. The average Bonchev–Trinajstić information content (AvgIpc) is 3.45. The average molecular weight is 649 g/mol. The van der Waals surface area contributed by atoms with E-state index in [4.69, 9.17) is 9.47 Å². The number of benzene rings is 4. The molecule has 0 aromatic heterocycles. The molecule has 4 aromatic carbocycles. The molecule has 48 heavy (non-hydrogen) atoms. The monoisotopic (exact) mass is 648 g/mol. The molecular formula is C42H48O6. The molecule has 4 aliphatic rings. The molecule has 4 aromatic rings. The molecule has 8 rings (SSSR count). The molecule has 0 saturated heterocycles. The summed E-state index contributed by atoms with van der Waals surface area (Å²) in [6.07, 6.45) is 5.86. The highest BCUT2D eigenvalue weighted by molar-refractivity contribution is 6.26. The second kappa shape index (κ2) is 11.5. The topological polar surface area (TPSA) is 89.9 Å². The normalized spacial score (nSPS) is 35.3. The summed E-state index contributed by atoms with van der Waals surface area (Å²) in [4.78, 5) is 39.9. The van der Waals surface area contributed by atoms with Gasteiger partial charge in [-0.3, -0.25) is 9.59 Å². The second-order valence-corrected chi connectivity index (χ2v) is 16.3. The zero-order valence-corrected chi connectivity index (χ0v) is 28.7. The van der Waals surface area contributed by atoms with Crippen LogP contribution in [0.15, 0.2) is 54.6 Å². The lowest BCUT2D eigenvalue weighted by Crippen LogP contribution is -2.61. The Balaban J connectivity index is 1.00. The smallest absolute Gasteiger partial charge is 0.339 e. The molecule has 1 unspecified atom stereocenters. The van der Waals surface area contributed by atoms with Crippen LogP contribution in [0.4, 0.5) is 0 Å². The van der Waals surface area contributed by atoms with Gasteiger partial charge in [0.15, 0.2) is 0 Å². The number of rotatable bonds is 6. The Morgan fingerprint density at radius 3 is 2.38 bits per heavy atom. The van der Waals surface area contributed by atoms with Crippen molar-refractivity contribution in [2.24, 2.45) is 46.3 Å². The van der Waals surface area contributed by atoms with E-state index in [0.29, 0.717) is 37.0 Å². The molecule has 10 atom stereocenters. The van der Waals surface area contributed by atoms with Gasteiger partial charge in [0.05, 0.1) is 18.8 Å². The number of methoxy groups -OCH3 is 1. The van der Waals surface area contributed by atoms with Crippen molar-refractivity contribution in [1.29, 1.82) is 0 Å². The van der Waals surface area contributed by atoms with Crippen LogP contribution in [-0.2, 0) is 19.1 Å². The molecule has 4 saturated carbocycles. The van der Waals surface area contributed by atoms with E-state index in [1.165, 1.54) is 12.5 Å². The summed E-state index contributed by atoms with van der Waals surface area (Å²) < 4.78 is 11.2. The van der Waals surface area contributed by atoms with Crippen LogP contribution in [0.25, 0.3) is 32.3 Å². The Hall–Kier alpha value is -3.51. The molecule has 0 heterocycles. The Morgan fingerprint density at radius 2 is 1.62 bits per heavy atom. The highest BCUT2D eigenvalue weighted by Gasteiger charge is 2.66. The number of aliphatic hydroxyl groups excluding tert-OH is 1. The lowest BCUT2D eigenvalue weighted by Gasteiger charge is -2.61. The van der Waals surface area contributed by atoms with Gasteiger partial charge in [-0.1, -0.05) is 69.3 Å². The van der Waals surface area contributed by atoms with E-state index in [1.807, 2.05) is 18.2 Å². The summed E-state index contributed by atoms with van der Waals surface area (Å²) in [7, 11) is 1.43. The highest BCUT2D eigenvalue weighted by atomic mass is 16.5. The SMILES string of the molecule is COC(=O)CCC(C)[C@H]1CC[C@H]2[C@@H]3C(=O)C[C@@H]4C[C@@H](OC(=O)c5ccc6ccc7cccc8ccc5c6c78)CC[C@]4(C)[C@H]3C[C@H](O)[C@]12C. The fraction of sp³-hybridized carbons (Fsp3) is 0.548. The van der Waals surface area contributed by atoms with Gasteiger partial charge in [0.25, 0.3) is 0 Å². The zero-order valence-electron chi connectivity index (χ0n) is 28.7. The lowest BCUT2D eigenvalue weighted by molar-refractivity contribution is -0.182. The molecule has 252 valence electrons.